The number of Topliss-reactive ketones (excluding diaryl/α,β-unsaturated/α-hetero) is 1. The van der Waals surface area contributed by atoms with E-state index in [1.807, 2.05) is 0 Å². The maximum absolute atomic E-state index is 12.0. The Morgan fingerprint density at radius 1 is 1.37 bits per heavy atom. The SMILES string of the molecule is Cn1ccnc1CC(=O)c1ccc(OC(F)F)cc1. The molecule has 0 spiro atoms. The second kappa shape index (κ2) is 5.60. The number of ketones is 1. The van der Waals surface area contributed by atoms with Gasteiger partial charge in [-0.25, -0.2) is 4.98 Å². The van der Waals surface area contributed by atoms with Crippen molar-refractivity contribution in [1.29, 1.82) is 0 Å². The van der Waals surface area contributed by atoms with Gasteiger partial charge in [-0.3, -0.25) is 4.79 Å². The predicted octanol–water partition coefficient (Wildman–Crippen LogP) is 2.45. The van der Waals surface area contributed by atoms with Gasteiger partial charge in [-0.2, -0.15) is 8.78 Å². The molecular formula is C13H12F2N2O2. The van der Waals surface area contributed by atoms with Crippen LogP contribution in [0.3, 0.4) is 0 Å². The third kappa shape index (κ3) is 3.37. The van der Waals surface area contributed by atoms with Gasteiger partial charge in [0, 0.05) is 25.0 Å². The van der Waals surface area contributed by atoms with Crippen molar-refractivity contribution >= 4 is 5.78 Å². The van der Waals surface area contributed by atoms with Gasteiger partial charge in [0.1, 0.15) is 11.6 Å². The van der Waals surface area contributed by atoms with E-state index in [0.717, 1.165) is 0 Å². The topological polar surface area (TPSA) is 44.1 Å². The molecule has 0 bridgehead atoms. The summed E-state index contributed by atoms with van der Waals surface area (Å²) in [5.41, 5.74) is 0.435. The summed E-state index contributed by atoms with van der Waals surface area (Å²) in [4.78, 5) is 16.0. The van der Waals surface area contributed by atoms with Gasteiger partial charge in [0.2, 0.25) is 0 Å². The number of halogens is 2. The fourth-order valence-corrected chi connectivity index (χ4v) is 1.63. The average Bonchev–Trinajstić information content (AvgIpc) is 2.75. The van der Waals surface area contributed by atoms with Crippen LogP contribution in [0.5, 0.6) is 5.75 Å². The summed E-state index contributed by atoms with van der Waals surface area (Å²) in [6, 6.07) is 5.61. The molecule has 0 aliphatic heterocycles. The monoisotopic (exact) mass is 266 g/mol. The molecule has 1 aromatic heterocycles. The van der Waals surface area contributed by atoms with E-state index in [1.54, 1.807) is 24.0 Å². The molecule has 1 aromatic carbocycles. The second-order valence-electron chi connectivity index (χ2n) is 3.96. The van der Waals surface area contributed by atoms with E-state index < -0.39 is 6.61 Å². The van der Waals surface area contributed by atoms with Crippen molar-refractivity contribution in [2.75, 3.05) is 0 Å². The minimum Gasteiger partial charge on any atom is -0.435 e. The summed E-state index contributed by atoms with van der Waals surface area (Å²) >= 11 is 0. The number of hydrogen-bond acceptors (Lipinski definition) is 3. The zero-order valence-corrected chi connectivity index (χ0v) is 10.2. The third-order valence-corrected chi connectivity index (χ3v) is 2.64. The number of aromatic nitrogens is 2. The molecule has 1 heterocycles. The number of ether oxygens (including phenoxy) is 1. The molecule has 0 aliphatic carbocycles. The van der Waals surface area contributed by atoms with Crippen molar-refractivity contribution in [3.05, 3.63) is 48.0 Å². The molecule has 0 aliphatic rings. The standard InChI is InChI=1S/C13H12F2N2O2/c1-17-7-6-16-12(17)8-11(18)9-2-4-10(5-3-9)19-13(14)15/h2-7,13H,8H2,1H3. The molecule has 6 heteroatoms. The Kier molecular flexibility index (Phi) is 3.89. The number of benzene rings is 1. The number of aryl methyl sites for hydroxylation is 1. The van der Waals surface area contributed by atoms with E-state index in [0.29, 0.717) is 11.4 Å². The largest absolute Gasteiger partial charge is 0.435 e. The maximum Gasteiger partial charge on any atom is 0.387 e. The van der Waals surface area contributed by atoms with E-state index in [-0.39, 0.29) is 18.0 Å². The predicted molar refractivity (Wildman–Crippen MR) is 64.3 cm³/mol. The van der Waals surface area contributed by atoms with E-state index in [1.165, 1.54) is 24.3 Å². The zero-order valence-electron chi connectivity index (χ0n) is 10.2. The van der Waals surface area contributed by atoms with Crippen molar-refractivity contribution < 1.29 is 18.3 Å². The summed E-state index contributed by atoms with van der Waals surface area (Å²) in [7, 11) is 1.80. The number of rotatable bonds is 5. The lowest BCUT2D eigenvalue weighted by Crippen LogP contribution is -2.08. The van der Waals surface area contributed by atoms with Crippen LogP contribution in [0.4, 0.5) is 8.78 Å². The minimum absolute atomic E-state index is 0.0311. The molecule has 0 saturated carbocycles. The first kappa shape index (κ1) is 13.2. The lowest BCUT2D eigenvalue weighted by Gasteiger charge is -2.05. The highest BCUT2D eigenvalue weighted by molar-refractivity contribution is 5.97. The summed E-state index contributed by atoms with van der Waals surface area (Å²) in [6.45, 7) is -2.87. The first-order valence-corrected chi connectivity index (χ1v) is 5.60. The summed E-state index contributed by atoms with van der Waals surface area (Å²) in [5.74, 6) is 0.555. The summed E-state index contributed by atoms with van der Waals surface area (Å²) < 4.78 is 29.9. The van der Waals surface area contributed by atoms with E-state index in [2.05, 4.69) is 9.72 Å². The molecule has 100 valence electrons. The number of alkyl halides is 2. The van der Waals surface area contributed by atoms with Crippen molar-refractivity contribution in [3.8, 4) is 5.75 Å². The number of hydrogen-bond donors (Lipinski definition) is 0. The molecule has 4 nitrogen and oxygen atoms in total. The van der Waals surface area contributed by atoms with Crippen LogP contribution in [-0.2, 0) is 13.5 Å². The van der Waals surface area contributed by atoms with Crippen LogP contribution < -0.4 is 4.74 Å². The van der Waals surface area contributed by atoms with Crippen LogP contribution in [0.1, 0.15) is 16.2 Å². The number of carbonyl (C=O) groups excluding carboxylic acids is 1. The molecule has 2 rings (SSSR count). The molecular weight excluding hydrogens is 254 g/mol. The number of imidazole rings is 1. The Morgan fingerprint density at radius 3 is 2.58 bits per heavy atom. The maximum atomic E-state index is 12.0. The van der Waals surface area contributed by atoms with Crippen molar-refractivity contribution in [2.45, 2.75) is 13.0 Å². The molecule has 0 unspecified atom stereocenters. The van der Waals surface area contributed by atoms with Crippen LogP contribution in [0.15, 0.2) is 36.7 Å². The highest BCUT2D eigenvalue weighted by atomic mass is 19.3. The van der Waals surface area contributed by atoms with Crippen molar-refractivity contribution in [1.82, 2.24) is 9.55 Å². The molecule has 2 aromatic rings. The average molecular weight is 266 g/mol. The molecule has 0 amide bonds. The van der Waals surface area contributed by atoms with Crippen molar-refractivity contribution in [3.63, 3.8) is 0 Å². The highest BCUT2D eigenvalue weighted by Gasteiger charge is 2.11. The summed E-state index contributed by atoms with van der Waals surface area (Å²) in [6.07, 6.45) is 3.53. The Bertz CT molecular complexity index is 564. The lowest BCUT2D eigenvalue weighted by atomic mass is 10.1. The number of carbonyl (C=O) groups is 1. The highest BCUT2D eigenvalue weighted by Crippen LogP contribution is 2.16. The molecule has 0 atom stereocenters. The zero-order chi connectivity index (χ0) is 13.8. The Morgan fingerprint density at radius 2 is 2.05 bits per heavy atom. The van der Waals surface area contributed by atoms with Gasteiger partial charge in [0.25, 0.3) is 0 Å². The van der Waals surface area contributed by atoms with Gasteiger partial charge in [0.15, 0.2) is 5.78 Å². The lowest BCUT2D eigenvalue weighted by molar-refractivity contribution is -0.0498. The van der Waals surface area contributed by atoms with Crippen LogP contribution in [0, 0.1) is 0 Å². The summed E-state index contributed by atoms with van der Waals surface area (Å²) in [5, 5.41) is 0. The molecule has 19 heavy (non-hydrogen) atoms. The Balaban J connectivity index is 2.05. The van der Waals surface area contributed by atoms with E-state index >= 15 is 0 Å². The van der Waals surface area contributed by atoms with Crippen LogP contribution in [-0.4, -0.2) is 21.9 Å². The van der Waals surface area contributed by atoms with Crippen molar-refractivity contribution in [2.24, 2.45) is 7.05 Å². The first-order chi connectivity index (χ1) is 9.06. The fourth-order valence-electron chi connectivity index (χ4n) is 1.63. The second-order valence-corrected chi connectivity index (χ2v) is 3.96. The normalized spacial score (nSPS) is 10.7. The third-order valence-electron chi connectivity index (χ3n) is 2.64. The fraction of sp³-hybridized carbons (Fsp3) is 0.231. The molecule has 0 radical (unpaired) electrons. The molecule has 0 fully saturated rings. The van der Waals surface area contributed by atoms with Gasteiger partial charge in [-0.05, 0) is 24.3 Å². The Hall–Kier alpha value is -2.24. The van der Waals surface area contributed by atoms with Crippen LogP contribution in [0.25, 0.3) is 0 Å². The van der Waals surface area contributed by atoms with Gasteiger partial charge in [-0.15, -0.1) is 0 Å². The van der Waals surface area contributed by atoms with Crippen LogP contribution >= 0.6 is 0 Å². The molecule has 0 N–H and O–H groups in total. The minimum atomic E-state index is -2.87. The van der Waals surface area contributed by atoms with E-state index in [4.69, 9.17) is 0 Å². The quantitative estimate of drug-likeness (QED) is 0.781. The first-order valence-electron chi connectivity index (χ1n) is 5.60. The van der Waals surface area contributed by atoms with Gasteiger partial charge >= 0.3 is 6.61 Å². The number of nitrogens with zero attached hydrogens (tertiary/aromatic N) is 2. The Labute approximate surface area is 108 Å². The molecule has 0 saturated heterocycles. The van der Waals surface area contributed by atoms with Gasteiger partial charge in [0.05, 0.1) is 6.42 Å². The smallest absolute Gasteiger partial charge is 0.387 e. The van der Waals surface area contributed by atoms with Gasteiger partial charge < -0.3 is 9.30 Å². The van der Waals surface area contributed by atoms with E-state index in [9.17, 15) is 13.6 Å². The van der Waals surface area contributed by atoms with Gasteiger partial charge in [-0.1, -0.05) is 0 Å². The van der Waals surface area contributed by atoms with Crippen LogP contribution in [0.2, 0.25) is 0 Å².